The van der Waals surface area contributed by atoms with Gasteiger partial charge in [-0.25, -0.2) is 4.79 Å². The van der Waals surface area contributed by atoms with Gasteiger partial charge in [-0.05, 0) is 5.56 Å². The van der Waals surface area contributed by atoms with Gasteiger partial charge >= 0.3 is 5.97 Å². The van der Waals surface area contributed by atoms with E-state index in [2.05, 4.69) is 0 Å². The lowest BCUT2D eigenvalue weighted by Gasteiger charge is -2.19. The second-order valence-electron chi connectivity index (χ2n) is 4.42. The Morgan fingerprint density at radius 3 is 2.00 bits per heavy atom. The van der Waals surface area contributed by atoms with Gasteiger partial charge in [-0.1, -0.05) is 30.3 Å². The third kappa shape index (κ3) is 2.70. The van der Waals surface area contributed by atoms with Gasteiger partial charge in [0.05, 0.1) is 34.0 Å². The van der Waals surface area contributed by atoms with Crippen molar-refractivity contribution in [3.8, 4) is 28.4 Å². The van der Waals surface area contributed by atoms with Crippen LogP contribution in [0.5, 0.6) is 17.2 Å². The molecule has 0 spiro atoms. The Bertz CT molecular complexity index is 664. The first-order valence-electron chi connectivity index (χ1n) is 6.64. The lowest BCUT2D eigenvalue weighted by Crippen LogP contribution is -2.08. The van der Waals surface area contributed by atoms with Crippen LogP contribution in [0.1, 0.15) is 10.4 Å². The zero-order valence-corrected chi connectivity index (χ0v) is 13.0. The van der Waals surface area contributed by atoms with Gasteiger partial charge in [0.15, 0.2) is 0 Å². The van der Waals surface area contributed by atoms with Crippen LogP contribution >= 0.6 is 0 Å². The molecular weight excluding hydrogens is 284 g/mol. The number of ether oxygens (including phenoxy) is 4. The zero-order chi connectivity index (χ0) is 16.1. The van der Waals surface area contributed by atoms with Crippen LogP contribution in [-0.2, 0) is 4.74 Å². The molecule has 0 amide bonds. The van der Waals surface area contributed by atoms with Crippen molar-refractivity contribution in [2.24, 2.45) is 0 Å². The summed E-state index contributed by atoms with van der Waals surface area (Å²) in [6.45, 7) is 0. The molecule has 2 aromatic carbocycles. The molecule has 0 aromatic heterocycles. The maximum atomic E-state index is 12.1. The highest BCUT2D eigenvalue weighted by Gasteiger charge is 2.26. The number of carbonyl (C=O) groups excluding carboxylic acids is 1. The Balaban J connectivity index is 2.84. The lowest BCUT2D eigenvalue weighted by atomic mass is 9.99. The molecule has 116 valence electrons. The van der Waals surface area contributed by atoms with E-state index in [4.69, 9.17) is 18.9 Å². The predicted octanol–water partition coefficient (Wildman–Crippen LogP) is 3.17. The van der Waals surface area contributed by atoms with Gasteiger partial charge < -0.3 is 18.9 Å². The summed E-state index contributed by atoms with van der Waals surface area (Å²) in [5.41, 5.74) is 1.77. The van der Waals surface area contributed by atoms with Gasteiger partial charge in [-0.3, -0.25) is 0 Å². The molecule has 0 atom stereocenters. The highest BCUT2D eigenvalue weighted by Crippen LogP contribution is 2.45. The molecule has 0 heterocycles. The second-order valence-corrected chi connectivity index (χ2v) is 4.42. The van der Waals surface area contributed by atoms with E-state index in [1.807, 2.05) is 30.3 Å². The Hall–Kier alpha value is -2.69. The largest absolute Gasteiger partial charge is 0.496 e. The SMILES string of the molecule is COC(=O)c1c(OC)cc(OC)c(-c2ccccc2)c1OC. The smallest absolute Gasteiger partial charge is 0.345 e. The lowest BCUT2D eigenvalue weighted by molar-refractivity contribution is 0.0593. The first kappa shape index (κ1) is 15.7. The zero-order valence-electron chi connectivity index (χ0n) is 13.0. The molecule has 5 nitrogen and oxygen atoms in total. The number of hydrogen-bond donors (Lipinski definition) is 0. The van der Waals surface area contributed by atoms with Crippen molar-refractivity contribution in [3.63, 3.8) is 0 Å². The molecule has 22 heavy (non-hydrogen) atoms. The Morgan fingerprint density at radius 1 is 0.864 bits per heavy atom. The molecule has 2 rings (SSSR count). The van der Waals surface area contributed by atoms with Crippen LogP contribution in [0.3, 0.4) is 0 Å². The van der Waals surface area contributed by atoms with Gasteiger partial charge in [0.2, 0.25) is 0 Å². The summed E-state index contributed by atoms with van der Waals surface area (Å²) in [6.07, 6.45) is 0. The fourth-order valence-corrected chi connectivity index (χ4v) is 2.31. The summed E-state index contributed by atoms with van der Waals surface area (Å²) in [6, 6.07) is 11.2. The summed E-state index contributed by atoms with van der Waals surface area (Å²) >= 11 is 0. The fourth-order valence-electron chi connectivity index (χ4n) is 2.31. The number of carbonyl (C=O) groups is 1. The van der Waals surface area contributed by atoms with Crippen molar-refractivity contribution in [2.75, 3.05) is 28.4 Å². The van der Waals surface area contributed by atoms with Crippen molar-refractivity contribution >= 4 is 5.97 Å². The number of rotatable bonds is 5. The molecule has 0 fully saturated rings. The molecule has 0 aliphatic rings. The van der Waals surface area contributed by atoms with E-state index >= 15 is 0 Å². The molecule has 0 saturated heterocycles. The van der Waals surface area contributed by atoms with Crippen LogP contribution in [0, 0.1) is 0 Å². The summed E-state index contributed by atoms with van der Waals surface area (Å²) in [4.78, 5) is 12.1. The number of methoxy groups -OCH3 is 4. The van der Waals surface area contributed by atoms with Gasteiger partial charge in [0.25, 0.3) is 0 Å². The van der Waals surface area contributed by atoms with Crippen molar-refractivity contribution in [3.05, 3.63) is 42.0 Å². The maximum absolute atomic E-state index is 12.1. The third-order valence-corrected chi connectivity index (χ3v) is 3.31. The summed E-state index contributed by atoms with van der Waals surface area (Å²) < 4.78 is 21.0. The van der Waals surface area contributed by atoms with Crippen LogP contribution in [0.2, 0.25) is 0 Å². The normalized spacial score (nSPS) is 10.0. The number of hydrogen-bond acceptors (Lipinski definition) is 5. The van der Waals surface area contributed by atoms with Gasteiger partial charge in [-0.2, -0.15) is 0 Å². The van der Waals surface area contributed by atoms with Crippen molar-refractivity contribution in [2.45, 2.75) is 0 Å². The minimum atomic E-state index is -0.534. The minimum Gasteiger partial charge on any atom is -0.496 e. The van der Waals surface area contributed by atoms with E-state index in [1.54, 1.807) is 13.2 Å². The first-order chi connectivity index (χ1) is 10.7. The molecule has 5 heteroatoms. The van der Waals surface area contributed by atoms with Crippen molar-refractivity contribution < 1.29 is 23.7 Å². The van der Waals surface area contributed by atoms with Crippen LogP contribution < -0.4 is 14.2 Å². The minimum absolute atomic E-state index is 0.229. The number of benzene rings is 2. The first-order valence-corrected chi connectivity index (χ1v) is 6.64. The second kappa shape index (κ2) is 6.85. The summed E-state index contributed by atoms with van der Waals surface area (Å²) in [5.74, 6) is 0.704. The fraction of sp³-hybridized carbons (Fsp3) is 0.235. The average molecular weight is 302 g/mol. The van der Waals surface area contributed by atoms with Crippen molar-refractivity contribution in [1.82, 2.24) is 0 Å². The molecule has 0 aliphatic heterocycles. The van der Waals surface area contributed by atoms with E-state index < -0.39 is 5.97 Å². The van der Waals surface area contributed by atoms with Crippen LogP contribution in [0.4, 0.5) is 0 Å². The molecule has 0 saturated carbocycles. The third-order valence-electron chi connectivity index (χ3n) is 3.31. The average Bonchev–Trinajstić information content (AvgIpc) is 2.59. The monoisotopic (exact) mass is 302 g/mol. The quantitative estimate of drug-likeness (QED) is 0.794. The summed E-state index contributed by atoms with van der Waals surface area (Å²) in [5, 5.41) is 0. The van der Waals surface area contributed by atoms with E-state index in [9.17, 15) is 4.79 Å². The van der Waals surface area contributed by atoms with Crippen LogP contribution in [0.25, 0.3) is 11.1 Å². The molecule has 0 aliphatic carbocycles. The summed E-state index contributed by atoms with van der Waals surface area (Å²) in [7, 11) is 5.84. The predicted molar refractivity (Wildman–Crippen MR) is 82.9 cm³/mol. The highest BCUT2D eigenvalue weighted by molar-refractivity contribution is 6.00. The molecular formula is C17H18O5. The molecule has 0 unspecified atom stereocenters. The van der Waals surface area contributed by atoms with Gasteiger partial charge in [-0.15, -0.1) is 0 Å². The van der Waals surface area contributed by atoms with Crippen molar-refractivity contribution in [1.29, 1.82) is 0 Å². The van der Waals surface area contributed by atoms with Crippen LogP contribution in [-0.4, -0.2) is 34.4 Å². The van der Waals surface area contributed by atoms with Crippen LogP contribution in [0.15, 0.2) is 36.4 Å². The molecule has 0 N–H and O–H groups in total. The topological polar surface area (TPSA) is 54.0 Å². The van der Waals surface area contributed by atoms with E-state index in [0.29, 0.717) is 22.8 Å². The highest BCUT2D eigenvalue weighted by atomic mass is 16.5. The molecule has 0 bridgehead atoms. The van der Waals surface area contributed by atoms with Gasteiger partial charge in [0.1, 0.15) is 22.8 Å². The Kier molecular flexibility index (Phi) is 4.88. The van der Waals surface area contributed by atoms with E-state index in [0.717, 1.165) is 5.56 Å². The Morgan fingerprint density at radius 2 is 1.50 bits per heavy atom. The van der Waals surface area contributed by atoms with Gasteiger partial charge in [0, 0.05) is 6.07 Å². The van der Waals surface area contributed by atoms with E-state index in [-0.39, 0.29) is 5.56 Å². The maximum Gasteiger partial charge on any atom is 0.345 e. The molecule has 2 aromatic rings. The Labute approximate surface area is 129 Å². The van der Waals surface area contributed by atoms with E-state index in [1.165, 1.54) is 21.3 Å². The molecule has 0 radical (unpaired) electrons. The number of esters is 1. The standard InChI is InChI=1S/C17H18O5/c1-19-12-10-13(20-2)15(17(18)22-4)16(21-3)14(12)11-8-6-5-7-9-11/h5-10H,1-4H3.